The summed E-state index contributed by atoms with van der Waals surface area (Å²) < 4.78 is 128. The molecule has 0 aliphatic heterocycles. The van der Waals surface area contributed by atoms with Gasteiger partial charge in [0.25, 0.3) is 0 Å². The quantitative estimate of drug-likeness (QED) is 0.0325. The number of rotatable bonds is 10. The maximum absolute atomic E-state index is 13.5. The molecule has 0 saturated heterocycles. The second-order valence-electron chi connectivity index (χ2n) is 25.1. The van der Waals surface area contributed by atoms with E-state index in [-0.39, 0.29) is 164 Å². The summed E-state index contributed by atoms with van der Waals surface area (Å²) in [4.78, 5) is 108. The largest absolute Gasteiger partial charge is 1.00 e. The second-order valence-corrected chi connectivity index (χ2v) is 25.1. The zero-order chi connectivity index (χ0) is 89.8. The standard InChI is InChI=1S/C13H10N3.C12H4F4N3.C12H8N3.C10H4F6N3.C10H10N3.C10H8N2.4C5H8O2.4Ir.Os/c1-9-6-7-14-12(8-9)13-15-10-4-2-3-5-11(10)16-13;13-6-7(14)9(16)11-10(8(6)15)18-12(19-11)5-3-1-2-4-17-5;1-2-6-10-9(5-1)14-12(15-10)11-7-3-4-8-13-11;11-9(12,13)6-7(10(14,15)16)19-8(18-6)5-3-1-2-4-17-5;1-7-8(2)13-10(12-7)9-5-3-4-6-11-9;1-3-7-11-9(5-1)10-6-2-4-8-12-10;4*1-4(6)3-5(2)7;;;;;/h2-8H,1H3;1-4H;1-8H;1-4H;3-6H,1-2H3;1-8H;4*3,6H,1-2H3;;;;;/q5*-1;;;;;;;;;;+1. The number of hydrogen-bond donors (Lipinski definition) is 4. The Morgan fingerprint density at radius 3 is 0.921 bits per heavy atom. The van der Waals surface area contributed by atoms with Crippen molar-refractivity contribution in [3.8, 4) is 69.0 Å². The monoisotopic (exact) mass is 2640 g/mol. The molecule has 5 radical (unpaired) electrons. The second kappa shape index (κ2) is 56.1. The molecule has 0 fully saturated rings. The Labute approximate surface area is 788 Å². The van der Waals surface area contributed by atoms with Crippen LogP contribution in [0.25, 0.3) is 102 Å². The Balaban J connectivity index is 0.000000717. The van der Waals surface area contributed by atoms with Gasteiger partial charge < -0.3 is 70.3 Å². The van der Waals surface area contributed by atoms with Gasteiger partial charge in [-0.25, -0.2) is 17.6 Å². The molecule has 40 heteroatoms. The molecule has 0 unspecified atom stereocenters. The molecule has 0 saturated carbocycles. The zero-order valence-electron chi connectivity index (χ0n) is 68.5. The summed E-state index contributed by atoms with van der Waals surface area (Å²) in [6.07, 6.45) is 5.67. The molecule has 675 valence electrons. The number of para-hydroxylation sites is 4. The number of halogens is 10. The fourth-order valence-corrected chi connectivity index (χ4v) is 9.52. The number of benzene rings is 3. The van der Waals surface area contributed by atoms with Crippen LogP contribution in [0.1, 0.15) is 83.7 Å². The first kappa shape index (κ1) is 113. The van der Waals surface area contributed by atoms with Crippen LogP contribution in [0, 0.1) is 44.0 Å². The normalized spacial score (nSPS) is 10.7. The molecule has 127 heavy (non-hydrogen) atoms. The van der Waals surface area contributed by atoms with Crippen LogP contribution in [0.15, 0.2) is 261 Å². The Morgan fingerprint density at radius 1 is 0.331 bits per heavy atom. The molecule has 0 atom stereocenters. The number of aliphatic hydroxyl groups excluding tert-OH is 4. The van der Waals surface area contributed by atoms with Crippen molar-refractivity contribution in [1.82, 2.24) is 84.7 Å². The molecule has 12 heterocycles. The molecule has 25 nitrogen and oxygen atoms in total. The molecule has 15 rings (SSSR count). The number of carbonyl (C=O) groups excluding carboxylic acids is 4. The number of nitrogens with zero attached hydrogens (tertiary/aromatic N) is 17. The van der Waals surface area contributed by atoms with Gasteiger partial charge >= 0.3 is 32.1 Å². The number of aromatic nitrogens is 17. The van der Waals surface area contributed by atoms with Gasteiger partial charge in [0, 0.05) is 171 Å². The number of aryl methyl sites for hydroxylation is 3. The van der Waals surface area contributed by atoms with Crippen LogP contribution in [-0.4, -0.2) is 103 Å². The van der Waals surface area contributed by atoms with Gasteiger partial charge in [-0.1, -0.05) is 96.3 Å². The van der Waals surface area contributed by atoms with Crippen molar-refractivity contribution in [1.29, 1.82) is 0 Å². The van der Waals surface area contributed by atoms with Crippen LogP contribution in [0.4, 0.5) is 43.9 Å². The molecule has 3 aromatic carbocycles. The van der Waals surface area contributed by atoms with E-state index < -0.39 is 63.9 Å². The third-order valence-electron chi connectivity index (χ3n) is 14.6. The van der Waals surface area contributed by atoms with Crippen LogP contribution in [-0.2, 0) is 132 Å². The Morgan fingerprint density at radius 2 is 0.638 bits per heavy atom. The predicted molar refractivity (Wildman–Crippen MR) is 436 cm³/mol. The number of fused-ring (bicyclic) bond motifs is 3. The van der Waals surface area contributed by atoms with Crippen molar-refractivity contribution >= 4 is 56.2 Å². The Bertz CT molecular complexity index is 5730. The number of pyridine rings is 7. The van der Waals surface area contributed by atoms with E-state index in [1.54, 1.807) is 43.1 Å². The van der Waals surface area contributed by atoms with Crippen LogP contribution in [0.2, 0.25) is 0 Å². The maximum atomic E-state index is 13.5. The molecule has 0 aliphatic rings. The van der Waals surface area contributed by atoms with E-state index in [0.29, 0.717) is 11.6 Å². The van der Waals surface area contributed by atoms with E-state index >= 15 is 0 Å². The smallest absolute Gasteiger partial charge is 0.512 e. The van der Waals surface area contributed by atoms with Crippen LogP contribution in [0.3, 0.4) is 0 Å². The van der Waals surface area contributed by atoms with Gasteiger partial charge in [-0.15, -0.1) is 0 Å². The summed E-state index contributed by atoms with van der Waals surface area (Å²) in [5.74, 6) is -5.89. The number of aliphatic hydroxyl groups is 4. The van der Waals surface area contributed by atoms with E-state index in [1.807, 2.05) is 154 Å². The summed E-state index contributed by atoms with van der Waals surface area (Å²) in [5, 5.41) is 33.5. The summed E-state index contributed by atoms with van der Waals surface area (Å²) in [6.45, 7) is 17.3. The summed E-state index contributed by atoms with van der Waals surface area (Å²) in [7, 11) is 0. The van der Waals surface area contributed by atoms with E-state index in [1.165, 1.54) is 122 Å². The minimum atomic E-state index is -5.23. The van der Waals surface area contributed by atoms with Gasteiger partial charge in [-0.05, 0) is 218 Å². The molecule has 4 N–H and O–H groups in total. The average Bonchev–Trinajstić information content (AvgIpc) is 1.60. The number of carbonyl (C=O) groups is 4. The van der Waals surface area contributed by atoms with Gasteiger partial charge in [-0.2, -0.15) is 26.3 Å². The number of allylic oxidation sites excluding steroid dienone is 8. The van der Waals surface area contributed by atoms with Crippen molar-refractivity contribution in [2.75, 3.05) is 0 Å². The molecular formula is C87H76F10Ir4N17O8Os-4. The van der Waals surface area contributed by atoms with Crippen molar-refractivity contribution in [3.63, 3.8) is 0 Å². The Hall–Kier alpha value is -12.1. The first-order chi connectivity index (χ1) is 57.8. The van der Waals surface area contributed by atoms with Crippen LogP contribution < -0.4 is 24.9 Å². The zero-order valence-corrected chi connectivity index (χ0v) is 80.6. The number of alkyl halides is 6. The molecule has 0 spiro atoms. The topological polar surface area (TPSA) is 374 Å². The SMILES string of the molecule is CC(=O)C=C(C)O.CC(=O)C=C(C)O.CC(=O)C=C(C)O.CC(=O)C=C(C)O.Cc1ccnc(-c2nc3ccccc3[n-]2)c1.Cc1nc(-c2ccccn2)[n-]c1C.FC(F)(F)c1nc(-c2ccccn2)[n-]c1C(F)(F)F.Fc1c(F)c(F)c2[n-]c(-c3ccccn3)nc2c1F.[Ir].[Ir].[Ir].[Ir].[Os+].c1ccc(-c2ccccn2)nc1.c1ccc(-c2nc3ccccc3[n-]2)nc1. The molecular weight excluding hydrogens is 2560 g/mol. The third kappa shape index (κ3) is 38.7. The van der Waals surface area contributed by atoms with Gasteiger partial charge in [0.2, 0.25) is 0 Å². The van der Waals surface area contributed by atoms with Crippen LogP contribution in [0.5, 0.6) is 0 Å². The van der Waals surface area contributed by atoms with Crippen molar-refractivity contribution < 1.29 is 184 Å². The van der Waals surface area contributed by atoms with Gasteiger partial charge in [0.05, 0.1) is 62.9 Å². The van der Waals surface area contributed by atoms with Gasteiger partial charge in [-0.3, -0.25) is 54.1 Å². The van der Waals surface area contributed by atoms with Crippen molar-refractivity contribution in [2.24, 2.45) is 0 Å². The first-order valence-corrected chi connectivity index (χ1v) is 35.8. The fraction of sp³-hybridized carbons (Fsp3) is 0.149. The molecule has 15 aromatic rings. The predicted octanol–water partition coefficient (Wildman–Crippen LogP) is 18.8. The van der Waals surface area contributed by atoms with E-state index in [2.05, 4.69) is 84.7 Å². The van der Waals surface area contributed by atoms with Crippen molar-refractivity contribution in [3.05, 3.63) is 312 Å². The minimum Gasteiger partial charge on any atom is -0.512 e. The Kier molecular flexibility index (Phi) is 49.9. The fourth-order valence-electron chi connectivity index (χ4n) is 9.52. The number of hydrogen-bond acceptors (Lipinski definition) is 20. The molecule has 0 bridgehead atoms. The maximum Gasteiger partial charge on any atom is 1.00 e. The molecule has 12 aromatic heterocycles. The summed E-state index contributed by atoms with van der Waals surface area (Å²) >= 11 is 0. The van der Waals surface area contributed by atoms with Gasteiger partial charge in [0.1, 0.15) is 0 Å². The van der Waals surface area contributed by atoms with E-state index in [9.17, 15) is 63.1 Å². The third-order valence-corrected chi connectivity index (χ3v) is 14.6. The minimum absolute atomic E-state index is 0. The first-order valence-electron chi connectivity index (χ1n) is 35.8. The van der Waals surface area contributed by atoms with Crippen molar-refractivity contribution in [2.45, 2.75) is 88.5 Å². The molecule has 0 amide bonds. The number of ketones is 4. The number of imidazole rings is 5. The molecule has 0 aliphatic carbocycles. The average molecular weight is 2640 g/mol. The van der Waals surface area contributed by atoms with Gasteiger partial charge in [0.15, 0.2) is 46.4 Å². The van der Waals surface area contributed by atoms with Crippen LogP contribution >= 0.6 is 0 Å². The summed E-state index contributed by atoms with van der Waals surface area (Å²) in [5.41, 5.74) is 5.75. The van der Waals surface area contributed by atoms with E-state index in [0.717, 1.165) is 67.7 Å². The van der Waals surface area contributed by atoms with E-state index in [4.69, 9.17) is 20.4 Å². The summed E-state index contributed by atoms with van der Waals surface area (Å²) in [6, 6.07) is 51.5.